The second kappa shape index (κ2) is 20.3. The smallest absolute Gasteiger partial charge is 0.481 e. The number of aliphatic carboxylic acids is 1. The molecule has 2 aromatic heterocycles. The third-order valence-electron chi connectivity index (χ3n) is 9.38. The Morgan fingerprint density at radius 2 is 1.18 bits per heavy atom. The minimum absolute atomic E-state index is 0.0615. The molecule has 0 aliphatic carbocycles. The number of aromatic nitrogens is 4. The van der Waals surface area contributed by atoms with Gasteiger partial charge in [-0.1, -0.05) is 39.5 Å². The molecule has 296 valence electrons. The van der Waals surface area contributed by atoms with Crippen LogP contribution >= 0.6 is 0 Å². The fourth-order valence-corrected chi connectivity index (χ4v) is 6.84. The first-order valence-electron chi connectivity index (χ1n) is 19.3. The normalized spacial score (nSPS) is 15.5. The van der Waals surface area contributed by atoms with E-state index >= 15 is 0 Å². The summed E-state index contributed by atoms with van der Waals surface area (Å²) in [6.07, 6.45) is 10.3. The quantitative estimate of drug-likeness (QED) is 0.0686. The number of carboxylic acid groups (broad SMARTS) is 1. The van der Waals surface area contributed by atoms with Crippen molar-refractivity contribution in [3.8, 4) is 23.3 Å². The number of esters is 1. The zero-order valence-electron chi connectivity index (χ0n) is 32.7. The van der Waals surface area contributed by atoms with Gasteiger partial charge in [0.2, 0.25) is 11.8 Å². The van der Waals surface area contributed by atoms with Crippen molar-refractivity contribution >= 4 is 37.1 Å². The molecular formula is C40H50B2N4O10. The van der Waals surface area contributed by atoms with Gasteiger partial charge in [0, 0.05) is 37.4 Å². The lowest BCUT2D eigenvalue weighted by atomic mass is 9.77. The molecule has 0 fully saturated rings. The Morgan fingerprint density at radius 1 is 0.714 bits per heavy atom. The number of carboxylic acids is 1. The Morgan fingerprint density at radius 3 is 1.61 bits per heavy atom. The number of carbonyl (C=O) groups is 2. The summed E-state index contributed by atoms with van der Waals surface area (Å²) in [7, 11) is -2.27. The highest BCUT2D eigenvalue weighted by Gasteiger charge is 2.39. The molecule has 0 saturated carbocycles. The van der Waals surface area contributed by atoms with Gasteiger partial charge in [0.15, 0.2) is 0 Å². The van der Waals surface area contributed by atoms with Crippen molar-refractivity contribution in [1.82, 2.24) is 19.9 Å². The third-order valence-corrected chi connectivity index (χ3v) is 9.38. The summed E-state index contributed by atoms with van der Waals surface area (Å²) in [5.41, 5.74) is 4.34. The van der Waals surface area contributed by atoms with E-state index in [-0.39, 0.29) is 18.8 Å². The maximum atomic E-state index is 11.8. The largest absolute Gasteiger partial charge is 0.492 e. The van der Waals surface area contributed by atoms with Crippen molar-refractivity contribution in [1.29, 1.82) is 0 Å². The summed E-state index contributed by atoms with van der Waals surface area (Å²) in [6.45, 7) is 10.1. The molecule has 56 heavy (non-hydrogen) atoms. The van der Waals surface area contributed by atoms with Gasteiger partial charge < -0.3 is 38.7 Å². The van der Waals surface area contributed by atoms with Crippen LogP contribution < -0.4 is 20.4 Å². The Hall–Kier alpha value is -4.89. The maximum absolute atomic E-state index is 11.8. The summed E-state index contributed by atoms with van der Waals surface area (Å²) < 4.78 is 27.8. The van der Waals surface area contributed by atoms with Crippen molar-refractivity contribution in [2.24, 2.45) is 0 Å². The van der Waals surface area contributed by atoms with Crippen molar-refractivity contribution < 1.29 is 48.3 Å². The molecule has 2 aromatic carbocycles. The first-order valence-corrected chi connectivity index (χ1v) is 19.3. The average molecular weight is 768 g/mol. The summed E-state index contributed by atoms with van der Waals surface area (Å²) in [4.78, 5) is 40.3. The highest BCUT2D eigenvalue weighted by Crippen LogP contribution is 2.34. The molecule has 2 atom stereocenters. The van der Waals surface area contributed by atoms with Gasteiger partial charge in [0.05, 0.1) is 31.7 Å². The first kappa shape index (κ1) is 42.3. The number of nitrogens with zero attached hydrogens (tertiary/aromatic N) is 4. The molecule has 0 radical (unpaired) electrons. The number of hydrogen-bond acceptors (Lipinski definition) is 13. The van der Waals surface area contributed by atoms with E-state index in [9.17, 15) is 19.6 Å². The Labute approximate surface area is 328 Å². The van der Waals surface area contributed by atoms with Gasteiger partial charge in [-0.2, -0.15) is 9.97 Å². The van der Waals surface area contributed by atoms with Crippen LogP contribution in [0.1, 0.15) is 118 Å². The van der Waals surface area contributed by atoms with Gasteiger partial charge in [-0.15, -0.1) is 0 Å². The number of benzene rings is 2. The third kappa shape index (κ3) is 11.3. The number of aryl methyl sites for hydroxylation is 4. The van der Waals surface area contributed by atoms with Crippen molar-refractivity contribution in [2.45, 2.75) is 111 Å². The lowest BCUT2D eigenvalue weighted by Crippen LogP contribution is -2.28. The van der Waals surface area contributed by atoms with E-state index in [1.165, 1.54) is 0 Å². The van der Waals surface area contributed by atoms with E-state index in [1.807, 2.05) is 19.9 Å². The monoisotopic (exact) mass is 768 g/mol. The van der Waals surface area contributed by atoms with E-state index in [2.05, 4.69) is 33.8 Å². The summed E-state index contributed by atoms with van der Waals surface area (Å²) >= 11 is 0. The molecule has 3 N–H and O–H groups in total. The summed E-state index contributed by atoms with van der Waals surface area (Å²) in [6, 6.07) is 10.5. The fourth-order valence-electron chi connectivity index (χ4n) is 6.84. The van der Waals surface area contributed by atoms with Crippen LogP contribution in [-0.2, 0) is 36.5 Å². The van der Waals surface area contributed by atoms with Crippen LogP contribution in [0, 0.1) is 13.8 Å². The van der Waals surface area contributed by atoms with E-state index in [4.69, 9.17) is 28.6 Å². The van der Waals surface area contributed by atoms with E-state index in [1.54, 1.807) is 49.6 Å². The standard InChI is InChI=1S/C21H27BN2O5.C19H23BN2O5/c1-4-6-7-8-18-23-10-9-19(24-18)28-15-11-14(3)21-16(12-15)22(26)29-17(21)13-20(25)27-5-2;1-3-4-5-6-16-21-8-7-17(22-16)26-13-9-12(2)19-14(10-13)20(25)27-15(19)11-18(23)24/h9-12,17,26H,4-8,13H2,1-3H3;7-10,15,25H,3-6,11H2,1-2H3,(H,23,24). The highest BCUT2D eigenvalue weighted by molar-refractivity contribution is 6.62. The van der Waals surface area contributed by atoms with E-state index < -0.39 is 32.4 Å². The fraction of sp³-hybridized carbons (Fsp3) is 0.450. The summed E-state index contributed by atoms with van der Waals surface area (Å²) in [5.74, 6) is 2.14. The number of ether oxygens (including phenoxy) is 3. The van der Waals surface area contributed by atoms with Gasteiger partial charge in [0.25, 0.3) is 0 Å². The molecule has 16 heteroatoms. The summed E-state index contributed by atoms with van der Waals surface area (Å²) in [5, 5.41) is 29.5. The molecule has 6 rings (SSSR count). The molecule has 2 unspecified atom stereocenters. The minimum Gasteiger partial charge on any atom is -0.481 e. The van der Waals surface area contributed by atoms with Gasteiger partial charge in [-0.25, -0.2) is 9.97 Å². The maximum Gasteiger partial charge on any atom is 0.492 e. The average Bonchev–Trinajstić information content (AvgIpc) is 3.63. The van der Waals surface area contributed by atoms with Crippen molar-refractivity contribution in [3.05, 3.63) is 82.7 Å². The highest BCUT2D eigenvalue weighted by atomic mass is 16.6. The molecule has 0 saturated heterocycles. The Bertz CT molecular complexity index is 1970. The van der Waals surface area contributed by atoms with Crippen LogP contribution in [-0.4, -0.2) is 67.9 Å². The molecule has 0 amide bonds. The van der Waals surface area contributed by atoms with Crippen LogP contribution in [0.5, 0.6) is 23.3 Å². The van der Waals surface area contributed by atoms with E-state index in [0.717, 1.165) is 79.7 Å². The minimum atomic E-state index is -1.17. The zero-order chi connectivity index (χ0) is 40.2. The van der Waals surface area contributed by atoms with Crippen molar-refractivity contribution in [3.63, 3.8) is 0 Å². The van der Waals surface area contributed by atoms with Gasteiger partial charge in [0.1, 0.15) is 23.1 Å². The number of hydrogen-bond donors (Lipinski definition) is 3. The van der Waals surface area contributed by atoms with E-state index in [0.29, 0.717) is 46.4 Å². The molecule has 2 aliphatic rings. The SMILES string of the molecule is CCCCCc1nccc(Oc2cc(C)c3c(c2)B(O)OC3CC(=O)O)n1.CCCCCc1nccc(Oc2cc(C)c3c(c2)B(O)OC3CC(=O)OCC)n1. The predicted octanol–water partition coefficient (Wildman–Crippen LogP) is 5.57. The number of carbonyl (C=O) groups excluding carboxylic acids is 1. The Kier molecular flexibility index (Phi) is 15.3. The van der Waals surface area contributed by atoms with Crippen LogP contribution in [0.15, 0.2) is 48.8 Å². The lowest BCUT2D eigenvalue weighted by molar-refractivity contribution is -0.145. The molecule has 0 spiro atoms. The topological polar surface area (TPSA) is 193 Å². The molecule has 4 aromatic rings. The molecule has 2 aliphatic heterocycles. The van der Waals surface area contributed by atoms with Crippen LogP contribution in [0.25, 0.3) is 0 Å². The van der Waals surface area contributed by atoms with Crippen LogP contribution in [0.3, 0.4) is 0 Å². The van der Waals surface area contributed by atoms with Crippen LogP contribution in [0.4, 0.5) is 0 Å². The molecular weight excluding hydrogens is 718 g/mol. The van der Waals surface area contributed by atoms with Gasteiger partial charge in [-0.05, 0) is 91.1 Å². The number of unbranched alkanes of at least 4 members (excludes halogenated alkanes) is 4. The Balaban J connectivity index is 0.000000215. The molecule has 4 heterocycles. The first-order chi connectivity index (χ1) is 27.0. The second-order valence-electron chi connectivity index (χ2n) is 13.8. The number of fused-ring (bicyclic) bond motifs is 2. The number of rotatable bonds is 17. The second-order valence-corrected chi connectivity index (χ2v) is 13.8. The van der Waals surface area contributed by atoms with Crippen molar-refractivity contribution in [2.75, 3.05) is 6.61 Å². The van der Waals surface area contributed by atoms with Gasteiger partial charge >= 0.3 is 26.2 Å². The zero-order valence-corrected chi connectivity index (χ0v) is 32.7. The molecule has 0 bridgehead atoms. The van der Waals surface area contributed by atoms with Gasteiger partial charge in [-0.3, -0.25) is 9.59 Å². The predicted molar refractivity (Wildman–Crippen MR) is 209 cm³/mol. The lowest BCUT2D eigenvalue weighted by Gasteiger charge is -2.14. The molecule has 14 nitrogen and oxygen atoms in total. The van der Waals surface area contributed by atoms with Crippen LogP contribution in [0.2, 0.25) is 0 Å².